The molecule has 1 aliphatic rings. The molecule has 0 heterocycles. The predicted octanol–water partition coefficient (Wildman–Crippen LogP) is 10.9. The second kappa shape index (κ2) is 14.8. The van der Waals surface area contributed by atoms with Crippen molar-refractivity contribution in [1.29, 1.82) is 0 Å². The Kier molecular flexibility index (Phi) is 9.23. The van der Waals surface area contributed by atoms with Crippen LogP contribution in [0.15, 0.2) is 171 Å². The van der Waals surface area contributed by atoms with Gasteiger partial charge in [0.1, 0.15) is 37.9 Å². The van der Waals surface area contributed by atoms with Gasteiger partial charge in [-0.15, -0.1) is 0 Å². The average Bonchev–Trinajstić information content (AvgIpc) is 3.52. The zero-order valence-corrected chi connectivity index (χ0v) is 31.2. The normalized spacial score (nSPS) is 12.6. The lowest BCUT2D eigenvalue weighted by Crippen LogP contribution is -2.28. The summed E-state index contributed by atoms with van der Waals surface area (Å²) in [6.07, 6.45) is 2.29. The number of rotatable bonds is 12. The second-order valence-corrected chi connectivity index (χ2v) is 14.1. The standard InChI is InChI=1S/C51H38O6/c1-3-49(52)56-23-21-54-43-19-15-37-25-41(17-13-39(37)27-43)51(42-18-14-40-28-44(20-16-38(40)26-42)55-22-24-57-50(53)4-2)47-31-35-11-7-5-9-33(35)29-45(47)46-30-34-10-6-8-12-36(34)32-48(46)51/h3-20,25-32H,1-2,21-24H2. The lowest BCUT2D eigenvalue weighted by molar-refractivity contribution is -0.139. The summed E-state index contributed by atoms with van der Waals surface area (Å²) in [5.74, 6) is 0.454. The minimum Gasteiger partial charge on any atom is -0.490 e. The first kappa shape index (κ1) is 35.5. The molecular formula is C51H38O6. The van der Waals surface area contributed by atoms with Crippen LogP contribution < -0.4 is 9.47 Å². The fourth-order valence-electron chi connectivity index (χ4n) is 8.30. The SMILES string of the molecule is C=CC(=O)OCCOc1ccc2cc(C3(c4ccc5cc(OCCOC(=O)C=C)ccc5c4)c4cc5ccccc5cc4-c4cc5ccccc5cc43)ccc2c1. The number of carbonyl (C=O) groups is 2. The van der Waals surface area contributed by atoms with Crippen LogP contribution in [0.4, 0.5) is 0 Å². The molecule has 8 aromatic carbocycles. The Balaban J connectivity index is 1.21. The van der Waals surface area contributed by atoms with E-state index in [-0.39, 0.29) is 26.4 Å². The topological polar surface area (TPSA) is 71.1 Å². The van der Waals surface area contributed by atoms with E-state index in [1.165, 1.54) is 43.8 Å². The van der Waals surface area contributed by atoms with Crippen molar-refractivity contribution in [2.75, 3.05) is 26.4 Å². The molecule has 6 nitrogen and oxygen atoms in total. The first-order valence-corrected chi connectivity index (χ1v) is 18.9. The number of carbonyl (C=O) groups excluding carboxylic acids is 2. The number of hydrogen-bond acceptors (Lipinski definition) is 6. The van der Waals surface area contributed by atoms with Gasteiger partial charge < -0.3 is 18.9 Å². The number of ether oxygens (including phenoxy) is 4. The van der Waals surface area contributed by atoms with Crippen LogP contribution in [0.5, 0.6) is 11.5 Å². The molecule has 0 amide bonds. The molecule has 1 aliphatic carbocycles. The molecule has 9 rings (SSSR count). The Morgan fingerprint density at radius 2 is 0.807 bits per heavy atom. The fourth-order valence-corrected chi connectivity index (χ4v) is 8.30. The van der Waals surface area contributed by atoms with Crippen LogP contribution in [-0.4, -0.2) is 38.4 Å². The Morgan fingerprint density at radius 1 is 0.439 bits per heavy atom. The lowest BCUT2D eigenvalue weighted by atomic mass is 9.66. The van der Waals surface area contributed by atoms with Crippen molar-refractivity contribution in [3.05, 3.63) is 193 Å². The van der Waals surface area contributed by atoms with Gasteiger partial charge >= 0.3 is 11.9 Å². The number of hydrogen-bond donors (Lipinski definition) is 0. The third-order valence-corrected chi connectivity index (χ3v) is 10.9. The molecule has 6 heteroatoms. The van der Waals surface area contributed by atoms with E-state index < -0.39 is 17.4 Å². The van der Waals surface area contributed by atoms with E-state index in [0.717, 1.165) is 44.8 Å². The van der Waals surface area contributed by atoms with Crippen LogP contribution in [0, 0.1) is 0 Å². The molecule has 57 heavy (non-hydrogen) atoms. The maximum absolute atomic E-state index is 11.5. The first-order chi connectivity index (χ1) is 27.9. The van der Waals surface area contributed by atoms with Gasteiger partial charge in [-0.1, -0.05) is 98.1 Å². The summed E-state index contributed by atoms with van der Waals surface area (Å²) in [5.41, 5.74) is 6.53. The molecule has 0 saturated heterocycles. The van der Waals surface area contributed by atoms with Crippen LogP contribution in [0.3, 0.4) is 0 Å². The maximum atomic E-state index is 11.5. The Hall–Kier alpha value is -7.18. The van der Waals surface area contributed by atoms with E-state index >= 15 is 0 Å². The van der Waals surface area contributed by atoms with Gasteiger partial charge in [0.25, 0.3) is 0 Å². The smallest absolute Gasteiger partial charge is 0.330 e. The van der Waals surface area contributed by atoms with Crippen molar-refractivity contribution >= 4 is 55.0 Å². The van der Waals surface area contributed by atoms with E-state index in [1.807, 2.05) is 24.3 Å². The largest absolute Gasteiger partial charge is 0.490 e. The summed E-state index contributed by atoms with van der Waals surface area (Å²) in [6.45, 7) is 7.64. The third kappa shape index (κ3) is 6.45. The lowest BCUT2D eigenvalue weighted by Gasteiger charge is -2.34. The molecule has 0 saturated carbocycles. The Labute approximate surface area is 330 Å². The molecule has 0 N–H and O–H groups in total. The van der Waals surface area contributed by atoms with E-state index in [4.69, 9.17) is 18.9 Å². The molecule has 0 bridgehead atoms. The van der Waals surface area contributed by atoms with Gasteiger partial charge in [-0.05, 0) is 137 Å². The van der Waals surface area contributed by atoms with Gasteiger partial charge in [0.15, 0.2) is 0 Å². The van der Waals surface area contributed by atoms with Crippen LogP contribution in [0.25, 0.3) is 54.2 Å². The summed E-state index contributed by atoms with van der Waals surface area (Å²) in [5, 5.41) is 8.99. The van der Waals surface area contributed by atoms with Crippen LogP contribution in [-0.2, 0) is 24.5 Å². The van der Waals surface area contributed by atoms with Crippen LogP contribution in [0.1, 0.15) is 22.3 Å². The summed E-state index contributed by atoms with van der Waals surface area (Å²) < 4.78 is 22.1. The molecule has 0 unspecified atom stereocenters. The minimum atomic E-state index is -0.671. The van der Waals surface area contributed by atoms with E-state index in [1.54, 1.807) is 0 Å². The van der Waals surface area contributed by atoms with Crippen molar-refractivity contribution in [3.8, 4) is 22.6 Å². The van der Waals surface area contributed by atoms with Gasteiger partial charge in [-0.3, -0.25) is 0 Å². The third-order valence-electron chi connectivity index (χ3n) is 10.9. The highest BCUT2D eigenvalue weighted by Gasteiger charge is 2.46. The van der Waals surface area contributed by atoms with Gasteiger partial charge in [-0.25, -0.2) is 9.59 Å². The molecule has 0 spiro atoms. The zero-order chi connectivity index (χ0) is 38.9. The van der Waals surface area contributed by atoms with Crippen molar-refractivity contribution in [3.63, 3.8) is 0 Å². The van der Waals surface area contributed by atoms with Crippen LogP contribution >= 0.6 is 0 Å². The highest BCUT2D eigenvalue weighted by Crippen LogP contribution is 2.58. The molecular weight excluding hydrogens is 709 g/mol. The van der Waals surface area contributed by atoms with Crippen molar-refractivity contribution in [2.45, 2.75) is 5.41 Å². The molecule has 0 aliphatic heterocycles. The van der Waals surface area contributed by atoms with Gasteiger partial charge in [0, 0.05) is 12.2 Å². The number of fused-ring (bicyclic) bond motifs is 7. The average molecular weight is 747 g/mol. The Bertz CT molecular complexity index is 2710. The molecule has 0 aromatic heterocycles. The van der Waals surface area contributed by atoms with E-state index in [2.05, 4.69) is 134 Å². The molecule has 0 radical (unpaired) electrons. The highest BCUT2D eigenvalue weighted by atomic mass is 16.6. The summed E-state index contributed by atoms with van der Waals surface area (Å²) in [6, 6.07) is 52.3. The van der Waals surface area contributed by atoms with Gasteiger partial charge in [-0.2, -0.15) is 0 Å². The number of esters is 2. The summed E-state index contributed by atoms with van der Waals surface area (Å²) in [4.78, 5) is 23.0. The maximum Gasteiger partial charge on any atom is 0.330 e. The molecule has 0 fully saturated rings. The van der Waals surface area contributed by atoms with Crippen molar-refractivity contribution in [2.24, 2.45) is 0 Å². The van der Waals surface area contributed by atoms with Crippen molar-refractivity contribution in [1.82, 2.24) is 0 Å². The molecule has 8 aromatic rings. The summed E-state index contributed by atoms with van der Waals surface area (Å²) in [7, 11) is 0. The highest BCUT2D eigenvalue weighted by molar-refractivity contribution is 6.01. The first-order valence-electron chi connectivity index (χ1n) is 18.9. The van der Waals surface area contributed by atoms with Gasteiger partial charge in [0.2, 0.25) is 0 Å². The summed E-state index contributed by atoms with van der Waals surface area (Å²) >= 11 is 0. The van der Waals surface area contributed by atoms with Crippen molar-refractivity contribution < 1.29 is 28.5 Å². The zero-order valence-electron chi connectivity index (χ0n) is 31.2. The number of benzene rings is 8. The van der Waals surface area contributed by atoms with Crippen LogP contribution in [0.2, 0.25) is 0 Å². The monoisotopic (exact) mass is 746 g/mol. The second-order valence-electron chi connectivity index (χ2n) is 14.1. The van der Waals surface area contributed by atoms with E-state index in [9.17, 15) is 9.59 Å². The quantitative estimate of drug-likeness (QED) is 0.0704. The predicted molar refractivity (Wildman–Crippen MR) is 227 cm³/mol. The van der Waals surface area contributed by atoms with Gasteiger partial charge in [0.05, 0.1) is 5.41 Å². The van der Waals surface area contributed by atoms with E-state index in [0.29, 0.717) is 11.5 Å². The fraction of sp³-hybridized carbons (Fsp3) is 0.0980. The molecule has 0 atom stereocenters. The minimum absolute atomic E-state index is 0.139. The molecule has 278 valence electrons. The Morgan fingerprint density at radius 3 is 1.23 bits per heavy atom.